The lowest BCUT2D eigenvalue weighted by Crippen LogP contribution is -2.27. The van der Waals surface area contributed by atoms with E-state index in [2.05, 4.69) is 9.97 Å². The Labute approximate surface area is 147 Å². The van der Waals surface area contributed by atoms with Crippen LogP contribution in [0.2, 0.25) is 0 Å². The summed E-state index contributed by atoms with van der Waals surface area (Å²) in [4.78, 5) is 31.8. The van der Waals surface area contributed by atoms with Crippen molar-refractivity contribution >= 4 is 22.8 Å². The van der Waals surface area contributed by atoms with Gasteiger partial charge in [-0.3, -0.25) is 13.9 Å². The molecule has 0 bridgehead atoms. The highest BCUT2D eigenvalue weighted by molar-refractivity contribution is 7.98. The van der Waals surface area contributed by atoms with E-state index in [1.165, 1.54) is 34.8 Å². The zero-order valence-corrected chi connectivity index (χ0v) is 14.5. The molecule has 130 valence electrons. The number of halogens is 1. The summed E-state index contributed by atoms with van der Waals surface area (Å²) >= 11 is 1.62. The summed E-state index contributed by atoms with van der Waals surface area (Å²) in [5.74, 6) is 1.21. The zero-order chi connectivity index (χ0) is 17.8. The number of aryl methyl sites for hydroxylation is 2. The van der Waals surface area contributed by atoms with Crippen LogP contribution in [0.1, 0.15) is 12.0 Å². The molecule has 0 atom stereocenters. The second kappa shape index (κ2) is 7.60. The largest absolute Gasteiger partial charge is 0.348 e. The number of nitrogens with zero attached hydrogens (tertiary/aromatic N) is 4. The Morgan fingerprint density at radius 1 is 1.20 bits per heavy atom. The molecule has 0 amide bonds. The third-order valence-corrected chi connectivity index (χ3v) is 4.96. The highest BCUT2D eigenvalue weighted by Crippen LogP contribution is 2.16. The summed E-state index contributed by atoms with van der Waals surface area (Å²) in [7, 11) is 1.54. The van der Waals surface area contributed by atoms with Gasteiger partial charge in [-0.1, -0.05) is 18.2 Å². The van der Waals surface area contributed by atoms with Crippen molar-refractivity contribution < 1.29 is 4.39 Å². The standard InChI is InChI=1S/C17H17FN4O2S/c1-21-15-13(9-19-17(21)24)16(23)22(11-20-15)7-4-8-25-10-12-5-2-3-6-14(12)18/h2-3,5-6,9,11H,4,7-8,10H2,1H3. The molecule has 2 heterocycles. The van der Waals surface area contributed by atoms with Crippen LogP contribution < -0.4 is 11.2 Å². The van der Waals surface area contributed by atoms with Crippen molar-refractivity contribution in [2.24, 2.45) is 7.05 Å². The fourth-order valence-electron chi connectivity index (χ4n) is 2.47. The molecule has 0 radical (unpaired) electrons. The van der Waals surface area contributed by atoms with Crippen LogP contribution in [-0.4, -0.2) is 24.9 Å². The number of benzene rings is 1. The average Bonchev–Trinajstić information content (AvgIpc) is 2.61. The lowest BCUT2D eigenvalue weighted by molar-refractivity contribution is 0.617. The molecule has 2 aromatic heterocycles. The van der Waals surface area contributed by atoms with Crippen LogP contribution >= 0.6 is 11.8 Å². The molecule has 3 rings (SSSR count). The predicted octanol–water partition coefficient (Wildman–Crippen LogP) is 1.95. The van der Waals surface area contributed by atoms with Crippen molar-refractivity contribution in [2.45, 2.75) is 18.7 Å². The summed E-state index contributed by atoms with van der Waals surface area (Å²) in [6, 6.07) is 6.73. The van der Waals surface area contributed by atoms with Gasteiger partial charge < -0.3 is 0 Å². The minimum Gasteiger partial charge on any atom is -0.299 e. The van der Waals surface area contributed by atoms with E-state index in [1.807, 2.05) is 6.07 Å². The fourth-order valence-corrected chi connectivity index (χ4v) is 3.40. The molecule has 0 spiro atoms. The van der Waals surface area contributed by atoms with Crippen LogP contribution in [0.15, 0.2) is 46.4 Å². The third-order valence-electron chi connectivity index (χ3n) is 3.86. The predicted molar refractivity (Wildman–Crippen MR) is 96.2 cm³/mol. The van der Waals surface area contributed by atoms with Crippen LogP contribution in [0, 0.1) is 5.82 Å². The van der Waals surface area contributed by atoms with Crippen LogP contribution in [0.3, 0.4) is 0 Å². The highest BCUT2D eigenvalue weighted by atomic mass is 32.2. The van der Waals surface area contributed by atoms with E-state index in [0.29, 0.717) is 28.9 Å². The molecule has 0 saturated carbocycles. The van der Waals surface area contributed by atoms with Gasteiger partial charge in [-0.25, -0.2) is 19.2 Å². The Hall–Kier alpha value is -2.48. The van der Waals surface area contributed by atoms with Gasteiger partial charge in [-0.05, 0) is 23.8 Å². The van der Waals surface area contributed by atoms with Crippen molar-refractivity contribution in [3.63, 3.8) is 0 Å². The number of aromatic nitrogens is 4. The van der Waals surface area contributed by atoms with Gasteiger partial charge in [-0.2, -0.15) is 11.8 Å². The van der Waals surface area contributed by atoms with Gasteiger partial charge in [-0.15, -0.1) is 0 Å². The van der Waals surface area contributed by atoms with E-state index in [4.69, 9.17) is 0 Å². The first kappa shape index (κ1) is 17.3. The van der Waals surface area contributed by atoms with E-state index < -0.39 is 5.69 Å². The molecule has 0 N–H and O–H groups in total. The van der Waals surface area contributed by atoms with E-state index in [9.17, 15) is 14.0 Å². The molecule has 1 aromatic carbocycles. The SMILES string of the molecule is Cn1c(=O)ncc2c(=O)n(CCCSCc3ccccc3F)cnc21. The maximum absolute atomic E-state index is 13.5. The normalized spacial score (nSPS) is 11.1. The minimum absolute atomic E-state index is 0.192. The maximum atomic E-state index is 13.5. The van der Waals surface area contributed by atoms with Crippen molar-refractivity contribution in [3.05, 3.63) is 69.0 Å². The summed E-state index contributed by atoms with van der Waals surface area (Å²) in [6.07, 6.45) is 3.48. The highest BCUT2D eigenvalue weighted by Gasteiger charge is 2.08. The van der Waals surface area contributed by atoms with Gasteiger partial charge in [0, 0.05) is 25.5 Å². The Bertz CT molecular complexity index is 1020. The van der Waals surface area contributed by atoms with Gasteiger partial charge >= 0.3 is 5.69 Å². The van der Waals surface area contributed by atoms with Crippen molar-refractivity contribution in [1.82, 2.24) is 19.1 Å². The summed E-state index contributed by atoms with van der Waals surface area (Å²) in [5, 5.41) is 0.323. The minimum atomic E-state index is -0.443. The summed E-state index contributed by atoms with van der Waals surface area (Å²) in [5.41, 5.74) is 0.355. The lowest BCUT2D eigenvalue weighted by Gasteiger charge is -2.08. The van der Waals surface area contributed by atoms with Crippen LogP contribution in [-0.2, 0) is 19.3 Å². The second-order valence-electron chi connectivity index (χ2n) is 5.58. The van der Waals surface area contributed by atoms with Gasteiger partial charge in [0.1, 0.15) is 11.2 Å². The van der Waals surface area contributed by atoms with Crippen LogP contribution in [0.4, 0.5) is 4.39 Å². The summed E-state index contributed by atoms with van der Waals surface area (Å²) in [6.45, 7) is 0.509. The monoisotopic (exact) mass is 360 g/mol. The first-order valence-corrected chi connectivity index (χ1v) is 8.95. The molecular formula is C17H17FN4O2S. The van der Waals surface area contributed by atoms with Gasteiger partial charge in [0.2, 0.25) is 0 Å². The van der Waals surface area contributed by atoms with Crippen molar-refractivity contribution in [2.75, 3.05) is 5.75 Å². The molecule has 3 aromatic rings. The number of fused-ring (bicyclic) bond motifs is 1. The smallest absolute Gasteiger partial charge is 0.299 e. The molecule has 8 heteroatoms. The molecule has 0 aliphatic carbocycles. The molecule has 0 unspecified atom stereocenters. The molecule has 6 nitrogen and oxygen atoms in total. The quantitative estimate of drug-likeness (QED) is 0.629. The van der Waals surface area contributed by atoms with Gasteiger partial charge in [0.25, 0.3) is 5.56 Å². The molecule has 0 saturated heterocycles. The Kier molecular flexibility index (Phi) is 5.28. The average molecular weight is 360 g/mol. The van der Waals surface area contributed by atoms with E-state index >= 15 is 0 Å². The molecule has 0 aliphatic heterocycles. The molecule has 0 aliphatic rings. The third kappa shape index (κ3) is 3.79. The number of rotatable bonds is 6. The molecule has 0 fully saturated rings. The zero-order valence-electron chi connectivity index (χ0n) is 13.7. The Morgan fingerprint density at radius 3 is 2.80 bits per heavy atom. The van der Waals surface area contributed by atoms with Crippen molar-refractivity contribution in [3.8, 4) is 0 Å². The number of hydrogen-bond donors (Lipinski definition) is 0. The van der Waals surface area contributed by atoms with E-state index in [1.54, 1.807) is 23.9 Å². The number of hydrogen-bond acceptors (Lipinski definition) is 5. The van der Waals surface area contributed by atoms with E-state index in [0.717, 1.165) is 12.2 Å². The second-order valence-corrected chi connectivity index (χ2v) is 6.68. The fraction of sp³-hybridized carbons (Fsp3) is 0.294. The van der Waals surface area contributed by atoms with Gasteiger partial charge in [0.15, 0.2) is 5.65 Å². The first-order chi connectivity index (χ1) is 12.1. The van der Waals surface area contributed by atoms with Crippen molar-refractivity contribution in [1.29, 1.82) is 0 Å². The van der Waals surface area contributed by atoms with Crippen LogP contribution in [0.5, 0.6) is 0 Å². The Balaban J connectivity index is 1.61. The van der Waals surface area contributed by atoms with Gasteiger partial charge in [0.05, 0.1) is 6.33 Å². The first-order valence-electron chi connectivity index (χ1n) is 7.80. The molecular weight excluding hydrogens is 343 g/mol. The van der Waals surface area contributed by atoms with Crippen LogP contribution in [0.25, 0.3) is 11.0 Å². The summed E-state index contributed by atoms with van der Waals surface area (Å²) < 4.78 is 16.3. The maximum Gasteiger partial charge on any atom is 0.348 e. The Morgan fingerprint density at radius 2 is 2.00 bits per heavy atom. The molecule has 25 heavy (non-hydrogen) atoms. The topological polar surface area (TPSA) is 69.8 Å². The van der Waals surface area contributed by atoms with E-state index in [-0.39, 0.29) is 11.4 Å². The lowest BCUT2D eigenvalue weighted by atomic mass is 10.2. The number of thioether (sulfide) groups is 1.